The number of aromatic amines is 1. The lowest BCUT2D eigenvalue weighted by molar-refractivity contribution is -0.125. The Morgan fingerprint density at radius 3 is 2.85 bits per heavy atom. The van der Waals surface area contributed by atoms with Gasteiger partial charge in [-0.05, 0) is 18.9 Å². The maximum absolute atomic E-state index is 12.3. The summed E-state index contributed by atoms with van der Waals surface area (Å²) < 4.78 is 0. The average molecular weight is 296 g/mol. The number of nitrogens with one attached hydrogen (secondary N) is 2. The molecule has 1 aliphatic rings. The van der Waals surface area contributed by atoms with E-state index in [0.717, 1.165) is 0 Å². The summed E-state index contributed by atoms with van der Waals surface area (Å²) in [6, 6.07) is 1.31. The Hall–Kier alpha value is -1.50. The van der Waals surface area contributed by atoms with Crippen LogP contribution in [0.4, 0.5) is 0 Å². The fourth-order valence-corrected chi connectivity index (χ4v) is 3.03. The normalized spacial score (nSPS) is 20.2. The van der Waals surface area contributed by atoms with Crippen molar-refractivity contribution in [3.63, 3.8) is 0 Å². The van der Waals surface area contributed by atoms with Crippen molar-refractivity contribution < 1.29 is 9.59 Å². The van der Waals surface area contributed by atoms with E-state index in [0.29, 0.717) is 23.2 Å². The van der Waals surface area contributed by atoms with Crippen LogP contribution in [-0.4, -0.2) is 50.6 Å². The predicted molar refractivity (Wildman–Crippen MR) is 78.3 cm³/mol. The van der Waals surface area contributed by atoms with Crippen molar-refractivity contribution in [2.75, 3.05) is 11.6 Å². The van der Waals surface area contributed by atoms with Crippen LogP contribution in [-0.2, 0) is 4.79 Å². The topological polar surface area (TPSA) is 78.1 Å². The van der Waals surface area contributed by atoms with E-state index in [1.807, 2.05) is 6.92 Å². The van der Waals surface area contributed by atoms with E-state index in [9.17, 15) is 9.59 Å². The van der Waals surface area contributed by atoms with Crippen LogP contribution in [0.15, 0.2) is 12.3 Å². The van der Waals surface area contributed by atoms with Gasteiger partial charge in [0.05, 0.1) is 5.88 Å². The molecule has 1 aromatic rings. The molecule has 2 N–H and O–H groups in total. The van der Waals surface area contributed by atoms with E-state index in [1.165, 1.54) is 6.20 Å². The molecule has 2 atom stereocenters. The summed E-state index contributed by atoms with van der Waals surface area (Å²) in [5.41, 5.74) is 0.419. The van der Waals surface area contributed by atoms with Crippen LogP contribution in [0, 0.1) is 5.92 Å². The molecule has 2 rings (SSSR count). The second-order valence-corrected chi connectivity index (χ2v) is 6.30. The second-order valence-electron chi connectivity index (χ2n) is 5.30. The van der Waals surface area contributed by atoms with Gasteiger partial charge in [0.1, 0.15) is 11.7 Å². The first-order valence-corrected chi connectivity index (χ1v) is 7.84. The van der Waals surface area contributed by atoms with Gasteiger partial charge in [-0.1, -0.05) is 13.8 Å². The van der Waals surface area contributed by atoms with Crippen molar-refractivity contribution in [1.29, 1.82) is 0 Å². The summed E-state index contributed by atoms with van der Waals surface area (Å²) in [6.45, 7) is 6.09. The van der Waals surface area contributed by atoms with Gasteiger partial charge in [-0.2, -0.15) is 5.10 Å². The number of aromatic nitrogens is 2. The Kier molecular flexibility index (Phi) is 4.69. The van der Waals surface area contributed by atoms with Crippen LogP contribution in [0.3, 0.4) is 0 Å². The molecule has 0 unspecified atom stereocenters. The summed E-state index contributed by atoms with van der Waals surface area (Å²) in [5.74, 6) is 1.28. The quantitative estimate of drug-likeness (QED) is 0.871. The van der Waals surface area contributed by atoms with Crippen molar-refractivity contribution in [1.82, 2.24) is 20.4 Å². The van der Waals surface area contributed by atoms with E-state index in [2.05, 4.69) is 29.4 Å². The highest BCUT2D eigenvalue weighted by Gasteiger charge is 2.36. The highest BCUT2D eigenvalue weighted by Crippen LogP contribution is 2.23. The Morgan fingerprint density at radius 2 is 2.25 bits per heavy atom. The molecule has 2 amide bonds. The van der Waals surface area contributed by atoms with Crippen molar-refractivity contribution in [2.45, 2.75) is 32.9 Å². The molecule has 0 aliphatic carbocycles. The molecule has 7 heteroatoms. The molecule has 0 saturated carbocycles. The third kappa shape index (κ3) is 3.15. The summed E-state index contributed by atoms with van der Waals surface area (Å²) >= 11 is 1.59. The number of carbonyl (C=O) groups is 2. The molecule has 2 heterocycles. The lowest BCUT2D eigenvalue weighted by atomic mass is 10.1. The van der Waals surface area contributed by atoms with Crippen molar-refractivity contribution in [2.24, 2.45) is 5.92 Å². The summed E-state index contributed by atoms with van der Waals surface area (Å²) in [6.07, 6.45) is 1.53. The van der Waals surface area contributed by atoms with Crippen molar-refractivity contribution in [3.05, 3.63) is 18.0 Å². The average Bonchev–Trinajstić information content (AvgIpc) is 3.08. The van der Waals surface area contributed by atoms with Crippen molar-refractivity contribution in [3.8, 4) is 0 Å². The third-order valence-corrected chi connectivity index (χ3v) is 4.56. The number of hydrogen-bond acceptors (Lipinski definition) is 4. The van der Waals surface area contributed by atoms with Gasteiger partial charge in [-0.25, -0.2) is 0 Å². The summed E-state index contributed by atoms with van der Waals surface area (Å²) in [5, 5.41) is 9.41. The number of amides is 2. The van der Waals surface area contributed by atoms with Crippen LogP contribution < -0.4 is 5.32 Å². The Labute approximate surface area is 122 Å². The maximum atomic E-state index is 12.3. The number of H-pyrrole nitrogens is 1. The molecular weight excluding hydrogens is 276 g/mol. The van der Waals surface area contributed by atoms with E-state index < -0.39 is 6.04 Å². The van der Waals surface area contributed by atoms with Crippen LogP contribution in [0.5, 0.6) is 0 Å². The second kappa shape index (κ2) is 6.30. The zero-order chi connectivity index (χ0) is 14.7. The molecule has 1 aliphatic heterocycles. The minimum atomic E-state index is -0.406. The standard InChI is InChI=1S/C13H20N4O2S/c1-8(2)9(3)15-12(18)11-6-20-7-17(11)13(19)10-4-5-14-16-10/h4-5,8-9,11H,6-7H2,1-3H3,(H,14,16)(H,15,18)/t9-,11+/m1/s1. The van der Waals surface area contributed by atoms with Gasteiger partial charge in [-0.3, -0.25) is 14.7 Å². The highest BCUT2D eigenvalue weighted by molar-refractivity contribution is 7.99. The molecule has 0 spiro atoms. The maximum Gasteiger partial charge on any atom is 0.273 e. The Morgan fingerprint density at radius 1 is 1.50 bits per heavy atom. The third-order valence-electron chi connectivity index (χ3n) is 3.55. The van der Waals surface area contributed by atoms with Gasteiger partial charge in [-0.15, -0.1) is 11.8 Å². The molecule has 0 aromatic carbocycles. The van der Waals surface area contributed by atoms with Gasteiger partial charge in [0.15, 0.2) is 0 Å². The SMILES string of the molecule is CC(C)[C@@H](C)NC(=O)[C@@H]1CSCN1C(=O)c1ccn[nH]1. The zero-order valence-electron chi connectivity index (χ0n) is 11.9. The highest BCUT2D eigenvalue weighted by atomic mass is 32.2. The van der Waals surface area contributed by atoms with Crippen LogP contribution in [0.25, 0.3) is 0 Å². The smallest absolute Gasteiger partial charge is 0.273 e. The number of carbonyl (C=O) groups excluding carboxylic acids is 2. The molecule has 20 heavy (non-hydrogen) atoms. The van der Waals surface area contributed by atoms with Gasteiger partial charge >= 0.3 is 0 Å². The number of nitrogens with zero attached hydrogens (tertiary/aromatic N) is 2. The number of thioether (sulfide) groups is 1. The minimum Gasteiger partial charge on any atom is -0.352 e. The monoisotopic (exact) mass is 296 g/mol. The largest absolute Gasteiger partial charge is 0.352 e. The first kappa shape index (κ1) is 14.9. The van der Waals surface area contributed by atoms with E-state index in [4.69, 9.17) is 0 Å². The summed E-state index contributed by atoms with van der Waals surface area (Å²) in [4.78, 5) is 26.2. The summed E-state index contributed by atoms with van der Waals surface area (Å²) in [7, 11) is 0. The van der Waals surface area contributed by atoms with Gasteiger partial charge < -0.3 is 10.2 Å². The lowest BCUT2D eigenvalue weighted by Crippen LogP contribution is -2.50. The molecule has 6 nitrogen and oxygen atoms in total. The van der Waals surface area contributed by atoms with Gasteiger partial charge in [0.2, 0.25) is 5.91 Å². The predicted octanol–water partition coefficient (Wildman–Crippen LogP) is 1.09. The molecule has 1 saturated heterocycles. The first-order chi connectivity index (χ1) is 9.50. The Balaban J connectivity index is 2.04. The van der Waals surface area contributed by atoms with E-state index in [1.54, 1.807) is 22.7 Å². The fourth-order valence-electron chi connectivity index (χ4n) is 1.88. The van der Waals surface area contributed by atoms with Crippen LogP contribution >= 0.6 is 11.8 Å². The van der Waals surface area contributed by atoms with E-state index >= 15 is 0 Å². The fraction of sp³-hybridized carbons (Fsp3) is 0.615. The molecule has 1 aromatic heterocycles. The minimum absolute atomic E-state index is 0.0796. The van der Waals surface area contributed by atoms with Crippen molar-refractivity contribution >= 4 is 23.6 Å². The number of hydrogen-bond donors (Lipinski definition) is 2. The van der Waals surface area contributed by atoms with E-state index in [-0.39, 0.29) is 17.9 Å². The molecule has 0 bridgehead atoms. The van der Waals surface area contributed by atoms with Crippen LogP contribution in [0.1, 0.15) is 31.3 Å². The first-order valence-electron chi connectivity index (χ1n) is 6.69. The van der Waals surface area contributed by atoms with Gasteiger partial charge in [0, 0.05) is 18.0 Å². The molecule has 0 radical (unpaired) electrons. The lowest BCUT2D eigenvalue weighted by Gasteiger charge is -2.25. The molecule has 110 valence electrons. The van der Waals surface area contributed by atoms with Crippen LogP contribution in [0.2, 0.25) is 0 Å². The molecule has 1 fully saturated rings. The molecular formula is C13H20N4O2S. The zero-order valence-corrected chi connectivity index (χ0v) is 12.7. The van der Waals surface area contributed by atoms with Gasteiger partial charge in [0.25, 0.3) is 5.91 Å². The Bertz CT molecular complexity index is 475. The number of rotatable bonds is 4.